The molecule has 0 radical (unpaired) electrons. The number of nitrogens with zero attached hydrogens (tertiary/aromatic N) is 3. The Morgan fingerprint density at radius 1 is 1.12 bits per heavy atom. The molecule has 0 saturated heterocycles. The van der Waals surface area contributed by atoms with Crippen molar-refractivity contribution < 1.29 is 0 Å². The van der Waals surface area contributed by atoms with Crippen molar-refractivity contribution in [2.45, 2.75) is 46.5 Å². The predicted octanol–water partition coefficient (Wildman–Crippen LogP) is 3.28. The van der Waals surface area contributed by atoms with Gasteiger partial charge in [0.2, 0.25) is 0 Å². The van der Waals surface area contributed by atoms with Gasteiger partial charge >= 0.3 is 0 Å². The number of fused-ring (bicyclic) bond motifs is 1. The zero-order valence-electron chi connectivity index (χ0n) is 10.7. The van der Waals surface area contributed by atoms with E-state index in [2.05, 4.69) is 38.9 Å². The Morgan fingerprint density at radius 2 is 1.81 bits per heavy atom. The fourth-order valence-electron chi connectivity index (χ4n) is 2.03. The molecule has 0 atom stereocenters. The molecular weight excluding hydrogens is 198 g/mol. The number of aromatic nitrogens is 3. The number of hydrogen-bond donors (Lipinski definition) is 0. The molecule has 2 rings (SSSR count). The Kier molecular flexibility index (Phi) is 2.70. The molecule has 0 saturated carbocycles. The standard InChI is InChI=1S/C13H19N3/c1-8(2)12-13(9(3)4)16-11(15-12)6-10(5)7-14-16/h6-9H,1-5H3. The van der Waals surface area contributed by atoms with Gasteiger partial charge in [0.15, 0.2) is 5.65 Å². The van der Waals surface area contributed by atoms with Gasteiger partial charge in [0.1, 0.15) is 0 Å². The fraction of sp³-hybridized carbons (Fsp3) is 0.538. The minimum atomic E-state index is 0.444. The van der Waals surface area contributed by atoms with Gasteiger partial charge in [-0.15, -0.1) is 0 Å². The molecule has 3 nitrogen and oxygen atoms in total. The molecule has 0 N–H and O–H groups in total. The van der Waals surface area contributed by atoms with Crippen molar-refractivity contribution in [2.24, 2.45) is 0 Å². The lowest BCUT2D eigenvalue weighted by Crippen LogP contribution is -2.03. The van der Waals surface area contributed by atoms with Crippen LogP contribution >= 0.6 is 0 Å². The van der Waals surface area contributed by atoms with E-state index in [1.165, 1.54) is 11.4 Å². The molecule has 3 heteroatoms. The Bertz CT molecular complexity index is 509. The van der Waals surface area contributed by atoms with Crippen molar-refractivity contribution in [3.05, 3.63) is 29.2 Å². The summed E-state index contributed by atoms with van der Waals surface area (Å²) < 4.78 is 1.98. The molecule has 86 valence electrons. The summed E-state index contributed by atoms with van der Waals surface area (Å²) in [5, 5.41) is 4.46. The first kappa shape index (κ1) is 11.1. The van der Waals surface area contributed by atoms with Crippen LogP contribution in [-0.2, 0) is 0 Å². The SMILES string of the molecule is Cc1cnn2c(C(C)C)c(C(C)C)nc2c1. The summed E-state index contributed by atoms with van der Waals surface area (Å²) in [6.45, 7) is 10.8. The van der Waals surface area contributed by atoms with Gasteiger partial charge in [-0.1, -0.05) is 27.7 Å². The summed E-state index contributed by atoms with van der Waals surface area (Å²) in [6, 6.07) is 2.09. The first-order chi connectivity index (χ1) is 7.50. The maximum Gasteiger partial charge on any atom is 0.154 e. The van der Waals surface area contributed by atoms with Crippen molar-refractivity contribution in [2.75, 3.05) is 0 Å². The van der Waals surface area contributed by atoms with Crippen LogP contribution in [0.1, 0.15) is 56.5 Å². The van der Waals surface area contributed by atoms with Crippen molar-refractivity contribution in [1.29, 1.82) is 0 Å². The van der Waals surface area contributed by atoms with E-state index in [0.717, 1.165) is 11.2 Å². The third-order valence-corrected chi connectivity index (χ3v) is 2.77. The van der Waals surface area contributed by atoms with Gasteiger partial charge in [-0.25, -0.2) is 9.50 Å². The highest BCUT2D eigenvalue weighted by Gasteiger charge is 2.18. The van der Waals surface area contributed by atoms with Gasteiger partial charge < -0.3 is 0 Å². The van der Waals surface area contributed by atoms with Crippen LogP contribution in [0.15, 0.2) is 12.3 Å². The van der Waals surface area contributed by atoms with Crippen LogP contribution in [0.25, 0.3) is 5.65 Å². The monoisotopic (exact) mass is 217 g/mol. The van der Waals surface area contributed by atoms with E-state index in [0.29, 0.717) is 11.8 Å². The molecule has 0 aromatic carbocycles. The minimum Gasteiger partial charge on any atom is -0.231 e. The van der Waals surface area contributed by atoms with Crippen LogP contribution in [0.4, 0.5) is 0 Å². The van der Waals surface area contributed by atoms with Crippen LogP contribution < -0.4 is 0 Å². The molecule has 2 aromatic heterocycles. The normalized spacial score (nSPS) is 11.9. The smallest absolute Gasteiger partial charge is 0.154 e. The maximum absolute atomic E-state index is 4.69. The van der Waals surface area contributed by atoms with Crippen molar-refractivity contribution in [1.82, 2.24) is 14.6 Å². The fourth-order valence-corrected chi connectivity index (χ4v) is 2.03. The van der Waals surface area contributed by atoms with E-state index >= 15 is 0 Å². The Morgan fingerprint density at radius 3 is 2.38 bits per heavy atom. The second kappa shape index (κ2) is 3.89. The largest absolute Gasteiger partial charge is 0.231 e. The first-order valence-electron chi connectivity index (χ1n) is 5.86. The van der Waals surface area contributed by atoms with Gasteiger partial charge in [-0.3, -0.25) is 0 Å². The van der Waals surface area contributed by atoms with E-state index < -0.39 is 0 Å². The third kappa shape index (κ3) is 1.70. The van der Waals surface area contributed by atoms with Gasteiger partial charge in [0.25, 0.3) is 0 Å². The topological polar surface area (TPSA) is 30.2 Å². The highest BCUT2D eigenvalue weighted by atomic mass is 15.3. The summed E-state index contributed by atoms with van der Waals surface area (Å²) in [5.41, 5.74) is 4.54. The Labute approximate surface area is 96.5 Å². The number of hydrogen-bond acceptors (Lipinski definition) is 2. The third-order valence-electron chi connectivity index (χ3n) is 2.77. The number of rotatable bonds is 2. The zero-order valence-corrected chi connectivity index (χ0v) is 10.7. The van der Waals surface area contributed by atoms with Crippen molar-refractivity contribution >= 4 is 5.65 Å². The lowest BCUT2D eigenvalue weighted by atomic mass is 10.0. The second-order valence-corrected chi connectivity index (χ2v) is 4.99. The molecular formula is C13H19N3. The van der Waals surface area contributed by atoms with Gasteiger partial charge in [-0.2, -0.15) is 5.10 Å². The molecule has 0 aliphatic carbocycles. The van der Waals surface area contributed by atoms with Crippen LogP contribution in [0.2, 0.25) is 0 Å². The highest BCUT2D eigenvalue weighted by molar-refractivity contribution is 5.45. The van der Waals surface area contributed by atoms with Gasteiger partial charge in [0.05, 0.1) is 17.6 Å². The summed E-state index contributed by atoms with van der Waals surface area (Å²) in [4.78, 5) is 4.69. The van der Waals surface area contributed by atoms with E-state index in [1.807, 2.05) is 17.6 Å². The summed E-state index contributed by atoms with van der Waals surface area (Å²) in [5.74, 6) is 0.891. The van der Waals surface area contributed by atoms with Crippen molar-refractivity contribution in [3.8, 4) is 0 Å². The molecule has 16 heavy (non-hydrogen) atoms. The van der Waals surface area contributed by atoms with Crippen LogP contribution in [0.3, 0.4) is 0 Å². The van der Waals surface area contributed by atoms with Crippen LogP contribution in [0.5, 0.6) is 0 Å². The first-order valence-corrected chi connectivity index (χ1v) is 5.86. The lowest BCUT2D eigenvalue weighted by molar-refractivity contribution is 0.717. The van der Waals surface area contributed by atoms with Crippen molar-refractivity contribution in [3.63, 3.8) is 0 Å². The summed E-state index contributed by atoms with van der Waals surface area (Å²) >= 11 is 0. The van der Waals surface area contributed by atoms with E-state index in [1.54, 1.807) is 0 Å². The molecule has 0 unspecified atom stereocenters. The maximum atomic E-state index is 4.69. The zero-order chi connectivity index (χ0) is 11.9. The lowest BCUT2D eigenvalue weighted by Gasteiger charge is -2.09. The quantitative estimate of drug-likeness (QED) is 0.772. The molecule has 0 spiro atoms. The molecule has 0 aliphatic heterocycles. The molecule has 0 aliphatic rings. The van der Waals surface area contributed by atoms with Gasteiger partial charge in [-0.05, 0) is 30.4 Å². The second-order valence-electron chi connectivity index (χ2n) is 4.99. The van der Waals surface area contributed by atoms with Crippen LogP contribution in [0, 0.1) is 6.92 Å². The summed E-state index contributed by atoms with van der Waals surface area (Å²) in [7, 11) is 0. The predicted molar refractivity (Wildman–Crippen MR) is 65.9 cm³/mol. The van der Waals surface area contributed by atoms with Crippen LogP contribution in [-0.4, -0.2) is 14.6 Å². The summed E-state index contributed by atoms with van der Waals surface area (Å²) in [6.07, 6.45) is 1.89. The molecule has 0 amide bonds. The molecule has 0 bridgehead atoms. The Balaban J connectivity index is 2.75. The Hall–Kier alpha value is -1.38. The van der Waals surface area contributed by atoms with E-state index in [4.69, 9.17) is 4.98 Å². The number of aryl methyl sites for hydroxylation is 1. The van der Waals surface area contributed by atoms with E-state index in [-0.39, 0.29) is 0 Å². The van der Waals surface area contributed by atoms with Gasteiger partial charge in [0, 0.05) is 0 Å². The minimum absolute atomic E-state index is 0.444. The molecule has 2 heterocycles. The average molecular weight is 217 g/mol. The van der Waals surface area contributed by atoms with E-state index in [9.17, 15) is 0 Å². The molecule has 0 fully saturated rings. The molecule has 2 aromatic rings. The number of imidazole rings is 1. The highest BCUT2D eigenvalue weighted by Crippen LogP contribution is 2.26. The average Bonchev–Trinajstić information content (AvgIpc) is 2.55.